The zero-order chi connectivity index (χ0) is 12.1. The highest BCUT2D eigenvalue weighted by Crippen LogP contribution is 2.34. The van der Waals surface area contributed by atoms with Crippen LogP contribution in [0.5, 0.6) is 5.75 Å². The number of halogens is 4. The van der Waals surface area contributed by atoms with Crippen molar-refractivity contribution in [3.63, 3.8) is 0 Å². The average Bonchev–Trinajstić information content (AvgIpc) is 2.14. The third kappa shape index (κ3) is 4.28. The van der Waals surface area contributed by atoms with Crippen molar-refractivity contribution in [3.8, 4) is 5.75 Å². The highest BCUT2D eigenvalue weighted by Gasteiger charge is 2.07. The molecule has 2 N–H and O–H groups in total. The third-order valence-electron chi connectivity index (χ3n) is 1.52. The zero-order valence-electron chi connectivity index (χ0n) is 7.81. The summed E-state index contributed by atoms with van der Waals surface area (Å²) in [4.78, 5) is 4.99. The summed E-state index contributed by atoms with van der Waals surface area (Å²) in [6.07, 6.45) is 1.44. The molecule has 0 aromatic heterocycles. The van der Waals surface area contributed by atoms with Gasteiger partial charge in [-0.2, -0.15) is 0 Å². The first-order valence-corrected chi connectivity index (χ1v) is 5.59. The largest absolute Gasteiger partial charge is 0.508 e. The van der Waals surface area contributed by atoms with Crippen molar-refractivity contribution < 1.29 is 9.94 Å². The molecule has 3 nitrogen and oxygen atoms in total. The SMILES string of the molecule is Oc1cc(Cl)c(NOCC=C(Cl)Cl)c(Cl)c1. The predicted octanol–water partition coefficient (Wildman–Crippen LogP) is 4.36. The number of rotatable bonds is 4. The summed E-state index contributed by atoms with van der Waals surface area (Å²) in [7, 11) is 0. The molecular weight excluding hydrogens is 296 g/mol. The monoisotopic (exact) mass is 301 g/mol. The molecule has 0 saturated heterocycles. The van der Waals surface area contributed by atoms with E-state index in [2.05, 4.69) is 5.48 Å². The molecule has 0 atom stereocenters. The summed E-state index contributed by atoms with van der Waals surface area (Å²) >= 11 is 22.4. The Morgan fingerprint density at radius 2 is 1.88 bits per heavy atom. The molecule has 0 aliphatic carbocycles. The molecule has 0 aliphatic rings. The van der Waals surface area contributed by atoms with E-state index in [0.29, 0.717) is 5.69 Å². The fourth-order valence-corrected chi connectivity index (χ4v) is 1.55. The highest BCUT2D eigenvalue weighted by molar-refractivity contribution is 6.55. The van der Waals surface area contributed by atoms with Crippen molar-refractivity contribution in [2.45, 2.75) is 0 Å². The van der Waals surface area contributed by atoms with Gasteiger partial charge in [0.15, 0.2) is 0 Å². The van der Waals surface area contributed by atoms with Crippen LogP contribution < -0.4 is 5.48 Å². The number of benzene rings is 1. The van der Waals surface area contributed by atoms with Crippen LogP contribution >= 0.6 is 46.4 Å². The normalized spacial score (nSPS) is 10.0. The lowest BCUT2D eigenvalue weighted by Crippen LogP contribution is -2.02. The van der Waals surface area contributed by atoms with Crippen molar-refractivity contribution in [2.24, 2.45) is 0 Å². The lowest BCUT2D eigenvalue weighted by molar-refractivity contribution is 0.228. The number of hydrogen-bond donors (Lipinski definition) is 2. The Hall–Kier alpha value is -0.320. The molecule has 0 unspecified atom stereocenters. The molecule has 0 fully saturated rings. The van der Waals surface area contributed by atoms with E-state index in [4.69, 9.17) is 51.2 Å². The Kier molecular flexibility index (Phi) is 5.52. The van der Waals surface area contributed by atoms with Crippen molar-refractivity contribution in [1.29, 1.82) is 0 Å². The molecule has 88 valence electrons. The van der Waals surface area contributed by atoms with Crippen LogP contribution in [0, 0.1) is 0 Å². The van der Waals surface area contributed by atoms with Crippen LogP contribution in [0.2, 0.25) is 10.0 Å². The second-order valence-electron chi connectivity index (χ2n) is 2.69. The molecule has 1 rings (SSSR count). The van der Waals surface area contributed by atoms with Gasteiger partial charge < -0.3 is 5.11 Å². The standard InChI is InChI=1S/C9H7Cl4NO2/c10-6-3-5(15)4-7(11)9(6)14-16-2-1-8(12)13/h1,3-4,14-15H,2H2. The van der Waals surface area contributed by atoms with E-state index in [1.807, 2.05) is 0 Å². The molecule has 0 spiro atoms. The molecule has 16 heavy (non-hydrogen) atoms. The molecule has 0 radical (unpaired) electrons. The van der Waals surface area contributed by atoms with Gasteiger partial charge in [-0.3, -0.25) is 10.3 Å². The van der Waals surface area contributed by atoms with Crippen molar-refractivity contribution in [3.05, 3.63) is 32.7 Å². The molecule has 1 aromatic carbocycles. The fraction of sp³-hybridized carbons (Fsp3) is 0.111. The summed E-state index contributed by atoms with van der Waals surface area (Å²) in [5, 5.41) is 9.66. The maximum atomic E-state index is 9.18. The van der Waals surface area contributed by atoms with E-state index < -0.39 is 0 Å². The summed E-state index contributed by atoms with van der Waals surface area (Å²) < 4.78 is 0.102. The maximum Gasteiger partial charge on any atom is 0.118 e. The van der Waals surface area contributed by atoms with Gasteiger partial charge in [0, 0.05) is 12.1 Å². The first kappa shape index (κ1) is 13.7. The number of hydrogen-bond acceptors (Lipinski definition) is 3. The molecular formula is C9H7Cl4NO2. The van der Waals surface area contributed by atoms with Crippen LogP contribution in [-0.2, 0) is 4.84 Å². The molecule has 0 aliphatic heterocycles. The molecule has 0 heterocycles. The van der Waals surface area contributed by atoms with Crippen molar-refractivity contribution >= 4 is 52.1 Å². The third-order valence-corrected chi connectivity index (χ3v) is 2.43. The Morgan fingerprint density at radius 1 is 1.31 bits per heavy atom. The Balaban J connectivity index is 2.64. The summed E-state index contributed by atoms with van der Waals surface area (Å²) in [5.74, 6) is -0.0238. The van der Waals surface area contributed by atoms with E-state index >= 15 is 0 Å². The number of aromatic hydroxyl groups is 1. The lowest BCUT2D eigenvalue weighted by atomic mass is 10.3. The summed E-state index contributed by atoms with van der Waals surface area (Å²) in [6, 6.07) is 2.67. The molecule has 0 saturated carbocycles. The van der Waals surface area contributed by atoms with E-state index in [-0.39, 0.29) is 26.9 Å². The van der Waals surface area contributed by atoms with Crippen LogP contribution in [0.15, 0.2) is 22.7 Å². The van der Waals surface area contributed by atoms with Crippen LogP contribution in [0.4, 0.5) is 5.69 Å². The topological polar surface area (TPSA) is 41.5 Å². The zero-order valence-corrected chi connectivity index (χ0v) is 10.8. The van der Waals surface area contributed by atoms with Crippen LogP contribution in [0.1, 0.15) is 0 Å². The average molecular weight is 303 g/mol. The van der Waals surface area contributed by atoms with Gasteiger partial charge in [-0.05, 0) is 6.08 Å². The van der Waals surface area contributed by atoms with Crippen LogP contribution in [0.25, 0.3) is 0 Å². The van der Waals surface area contributed by atoms with Gasteiger partial charge >= 0.3 is 0 Å². The minimum atomic E-state index is -0.0238. The minimum absolute atomic E-state index is 0.0238. The minimum Gasteiger partial charge on any atom is -0.508 e. The Bertz CT molecular complexity index is 381. The molecule has 1 aromatic rings. The number of nitrogens with one attached hydrogen (secondary N) is 1. The molecule has 0 amide bonds. The number of phenolic OH excluding ortho intramolecular Hbond substituents is 1. The van der Waals surface area contributed by atoms with Gasteiger partial charge in [0.05, 0.1) is 22.3 Å². The van der Waals surface area contributed by atoms with E-state index in [9.17, 15) is 5.11 Å². The second-order valence-corrected chi connectivity index (χ2v) is 4.51. The van der Waals surface area contributed by atoms with Gasteiger partial charge in [-0.25, -0.2) is 0 Å². The van der Waals surface area contributed by atoms with E-state index in [1.165, 1.54) is 18.2 Å². The van der Waals surface area contributed by atoms with Crippen LogP contribution in [-0.4, -0.2) is 11.7 Å². The quantitative estimate of drug-likeness (QED) is 0.493. The number of phenols is 1. The molecule has 7 heteroatoms. The van der Waals surface area contributed by atoms with Gasteiger partial charge in [0.25, 0.3) is 0 Å². The van der Waals surface area contributed by atoms with Crippen molar-refractivity contribution in [2.75, 3.05) is 12.1 Å². The lowest BCUT2D eigenvalue weighted by Gasteiger charge is -2.09. The molecule has 0 bridgehead atoms. The maximum absolute atomic E-state index is 9.18. The predicted molar refractivity (Wildman–Crippen MR) is 67.5 cm³/mol. The van der Waals surface area contributed by atoms with Gasteiger partial charge in [-0.1, -0.05) is 46.4 Å². The van der Waals surface area contributed by atoms with E-state index in [1.54, 1.807) is 0 Å². The van der Waals surface area contributed by atoms with E-state index in [0.717, 1.165) is 0 Å². The number of anilines is 1. The fourth-order valence-electron chi connectivity index (χ4n) is 0.876. The van der Waals surface area contributed by atoms with Gasteiger partial charge in [0.1, 0.15) is 10.2 Å². The first-order valence-electron chi connectivity index (χ1n) is 4.07. The van der Waals surface area contributed by atoms with Gasteiger partial charge in [0.2, 0.25) is 0 Å². The van der Waals surface area contributed by atoms with Crippen molar-refractivity contribution in [1.82, 2.24) is 0 Å². The second kappa shape index (κ2) is 6.42. The highest BCUT2D eigenvalue weighted by atomic mass is 35.5. The Labute approximate surface area is 112 Å². The van der Waals surface area contributed by atoms with Crippen LogP contribution in [0.3, 0.4) is 0 Å². The van der Waals surface area contributed by atoms with Gasteiger partial charge in [-0.15, -0.1) is 0 Å². The Morgan fingerprint density at radius 3 is 2.38 bits per heavy atom. The summed E-state index contributed by atoms with van der Waals surface area (Å²) in [5.41, 5.74) is 2.89. The first-order chi connectivity index (χ1) is 7.50. The summed E-state index contributed by atoms with van der Waals surface area (Å²) in [6.45, 7) is 0.149. The smallest absolute Gasteiger partial charge is 0.118 e.